The molecule has 0 aliphatic carbocycles. The quantitative estimate of drug-likeness (QED) is 0.831. The molecule has 4 heteroatoms. The summed E-state index contributed by atoms with van der Waals surface area (Å²) in [5, 5.41) is 0. The lowest BCUT2D eigenvalue weighted by Crippen LogP contribution is -2.26. The molecule has 1 aliphatic heterocycles. The van der Waals surface area contributed by atoms with Crippen molar-refractivity contribution in [3.05, 3.63) is 18.2 Å². The van der Waals surface area contributed by atoms with Crippen molar-refractivity contribution in [2.24, 2.45) is 5.41 Å². The Bertz CT molecular complexity index is 583. The summed E-state index contributed by atoms with van der Waals surface area (Å²) in [6, 6.07) is 5.84. The highest BCUT2D eigenvalue weighted by atomic mass is 15.3. The SMILES string of the molecule is CCC1(CC)CCN(c2nc3ccc(N)cc3[nH]2)C1. The van der Waals surface area contributed by atoms with E-state index in [1.54, 1.807) is 0 Å². The molecule has 0 bridgehead atoms. The molecule has 3 rings (SSSR count). The third-order valence-corrected chi connectivity index (χ3v) is 4.73. The first kappa shape index (κ1) is 12.3. The van der Waals surface area contributed by atoms with Crippen molar-refractivity contribution >= 4 is 22.7 Å². The van der Waals surface area contributed by atoms with E-state index in [4.69, 9.17) is 5.73 Å². The Labute approximate surface area is 114 Å². The summed E-state index contributed by atoms with van der Waals surface area (Å²) < 4.78 is 0. The molecule has 0 unspecified atom stereocenters. The van der Waals surface area contributed by atoms with Gasteiger partial charge < -0.3 is 15.6 Å². The van der Waals surface area contributed by atoms with Gasteiger partial charge in [-0.2, -0.15) is 0 Å². The molecule has 1 aromatic heterocycles. The summed E-state index contributed by atoms with van der Waals surface area (Å²) in [5.41, 5.74) is 9.08. The van der Waals surface area contributed by atoms with Gasteiger partial charge in [0, 0.05) is 18.8 Å². The standard InChI is InChI=1S/C15H22N4/c1-3-15(4-2)7-8-19(10-15)14-17-12-6-5-11(16)9-13(12)18-14/h5-6,9H,3-4,7-8,10,16H2,1-2H3,(H,17,18). The van der Waals surface area contributed by atoms with Crippen LogP contribution in [-0.2, 0) is 0 Å². The molecule has 19 heavy (non-hydrogen) atoms. The average Bonchev–Trinajstić information content (AvgIpc) is 3.02. The molecular weight excluding hydrogens is 236 g/mol. The molecular formula is C15H22N4. The van der Waals surface area contributed by atoms with Crippen molar-refractivity contribution in [1.29, 1.82) is 0 Å². The molecule has 2 aromatic rings. The second-order valence-electron chi connectivity index (χ2n) is 5.72. The summed E-state index contributed by atoms with van der Waals surface area (Å²) in [7, 11) is 0. The second-order valence-corrected chi connectivity index (χ2v) is 5.72. The maximum Gasteiger partial charge on any atom is 0.203 e. The van der Waals surface area contributed by atoms with Crippen LogP contribution in [0, 0.1) is 5.41 Å². The van der Waals surface area contributed by atoms with Crippen LogP contribution in [0.2, 0.25) is 0 Å². The topological polar surface area (TPSA) is 57.9 Å². The lowest BCUT2D eigenvalue weighted by Gasteiger charge is -2.26. The van der Waals surface area contributed by atoms with Crippen LogP contribution in [0.4, 0.5) is 11.6 Å². The number of fused-ring (bicyclic) bond motifs is 1. The van der Waals surface area contributed by atoms with E-state index in [1.807, 2.05) is 18.2 Å². The smallest absolute Gasteiger partial charge is 0.203 e. The first-order chi connectivity index (χ1) is 9.15. The molecule has 1 fully saturated rings. The van der Waals surface area contributed by atoms with Crippen molar-refractivity contribution in [1.82, 2.24) is 9.97 Å². The molecule has 0 radical (unpaired) electrons. The Hall–Kier alpha value is -1.71. The molecule has 0 atom stereocenters. The fourth-order valence-electron chi connectivity index (χ4n) is 3.11. The molecule has 3 N–H and O–H groups in total. The van der Waals surface area contributed by atoms with Crippen molar-refractivity contribution < 1.29 is 0 Å². The van der Waals surface area contributed by atoms with E-state index in [0.29, 0.717) is 5.41 Å². The molecule has 4 nitrogen and oxygen atoms in total. The molecule has 1 saturated heterocycles. The largest absolute Gasteiger partial charge is 0.399 e. The fraction of sp³-hybridized carbons (Fsp3) is 0.533. The zero-order chi connectivity index (χ0) is 13.5. The predicted molar refractivity (Wildman–Crippen MR) is 80.4 cm³/mol. The van der Waals surface area contributed by atoms with E-state index in [2.05, 4.69) is 28.7 Å². The number of imidazole rings is 1. The number of rotatable bonds is 3. The number of anilines is 2. The number of nitrogens with one attached hydrogen (secondary N) is 1. The number of nitrogen functional groups attached to an aromatic ring is 1. The number of H-pyrrole nitrogens is 1. The van der Waals surface area contributed by atoms with Crippen molar-refractivity contribution in [2.75, 3.05) is 23.7 Å². The Balaban J connectivity index is 1.89. The van der Waals surface area contributed by atoms with Gasteiger partial charge >= 0.3 is 0 Å². The lowest BCUT2D eigenvalue weighted by atomic mass is 9.82. The van der Waals surface area contributed by atoms with Gasteiger partial charge in [-0.1, -0.05) is 13.8 Å². The van der Waals surface area contributed by atoms with E-state index in [9.17, 15) is 0 Å². The Kier molecular flexibility index (Phi) is 2.88. The first-order valence-electron chi connectivity index (χ1n) is 7.16. The number of aromatic nitrogens is 2. The maximum atomic E-state index is 5.81. The number of benzene rings is 1. The number of nitrogens with zero attached hydrogens (tertiary/aromatic N) is 2. The Morgan fingerprint density at radius 1 is 1.37 bits per heavy atom. The van der Waals surface area contributed by atoms with E-state index < -0.39 is 0 Å². The fourth-order valence-corrected chi connectivity index (χ4v) is 3.11. The lowest BCUT2D eigenvalue weighted by molar-refractivity contribution is 0.301. The molecule has 2 heterocycles. The number of aromatic amines is 1. The van der Waals surface area contributed by atoms with Crippen LogP contribution >= 0.6 is 0 Å². The average molecular weight is 258 g/mol. The van der Waals surface area contributed by atoms with E-state index in [1.165, 1.54) is 19.3 Å². The van der Waals surface area contributed by atoms with Crippen LogP contribution in [0.25, 0.3) is 11.0 Å². The first-order valence-corrected chi connectivity index (χ1v) is 7.16. The number of hydrogen-bond donors (Lipinski definition) is 2. The molecule has 1 aromatic carbocycles. The van der Waals surface area contributed by atoms with Crippen LogP contribution in [0.5, 0.6) is 0 Å². The van der Waals surface area contributed by atoms with Crippen molar-refractivity contribution in [2.45, 2.75) is 33.1 Å². The minimum absolute atomic E-state index is 0.470. The van der Waals surface area contributed by atoms with Gasteiger partial charge in [0.05, 0.1) is 11.0 Å². The Morgan fingerprint density at radius 3 is 2.84 bits per heavy atom. The third-order valence-electron chi connectivity index (χ3n) is 4.73. The van der Waals surface area contributed by atoms with Gasteiger partial charge in [-0.15, -0.1) is 0 Å². The summed E-state index contributed by atoms with van der Waals surface area (Å²) in [6.07, 6.45) is 3.75. The minimum Gasteiger partial charge on any atom is -0.399 e. The highest BCUT2D eigenvalue weighted by molar-refractivity contribution is 5.80. The van der Waals surface area contributed by atoms with Gasteiger partial charge in [-0.05, 0) is 42.9 Å². The molecule has 0 amide bonds. The van der Waals surface area contributed by atoms with E-state index in [0.717, 1.165) is 35.8 Å². The van der Waals surface area contributed by atoms with Crippen molar-refractivity contribution in [3.8, 4) is 0 Å². The minimum atomic E-state index is 0.470. The van der Waals surface area contributed by atoms with Gasteiger partial charge in [0.15, 0.2) is 0 Å². The van der Waals surface area contributed by atoms with E-state index >= 15 is 0 Å². The molecule has 102 valence electrons. The maximum absolute atomic E-state index is 5.81. The van der Waals surface area contributed by atoms with Gasteiger partial charge in [0.2, 0.25) is 5.95 Å². The Morgan fingerprint density at radius 2 is 2.16 bits per heavy atom. The van der Waals surface area contributed by atoms with Crippen LogP contribution < -0.4 is 10.6 Å². The highest BCUT2D eigenvalue weighted by Crippen LogP contribution is 2.38. The normalized spacial score (nSPS) is 18.3. The number of hydrogen-bond acceptors (Lipinski definition) is 3. The predicted octanol–water partition coefficient (Wildman–Crippen LogP) is 3.16. The van der Waals surface area contributed by atoms with Crippen LogP contribution in [0.3, 0.4) is 0 Å². The van der Waals surface area contributed by atoms with Gasteiger partial charge in [-0.25, -0.2) is 4.98 Å². The summed E-state index contributed by atoms with van der Waals surface area (Å²) in [6.45, 7) is 6.80. The highest BCUT2D eigenvalue weighted by Gasteiger charge is 2.35. The molecule has 0 spiro atoms. The summed E-state index contributed by atoms with van der Waals surface area (Å²) in [4.78, 5) is 10.5. The van der Waals surface area contributed by atoms with Gasteiger partial charge in [0.25, 0.3) is 0 Å². The summed E-state index contributed by atoms with van der Waals surface area (Å²) in [5.74, 6) is 0.990. The van der Waals surface area contributed by atoms with Gasteiger partial charge in [0.1, 0.15) is 0 Å². The summed E-state index contributed by atoms with van der Waals surface area (Å²) >= 11 is 0. The number of nitrogens with two attached hydrogens (primary N) is 1. The zero-order valence-corrected chi connectivity index (χ0v) is 11.7. The van der Waals surface area contributed by atoms with Crippen LogP contribution in [0.1, 0.15) is 33.1 Å². The monoisotopic (exact) mass is 258 g/mol. The van der Waals surface area contributed by atoms with Crippen LogP contribution in [-0.4, -0.2) is 23.1 Å². The zero-order valence-electron chi connectivity index (χ0n) is 11.7. The molecule has 1 aliphatic rings. The molecule has 0 saturated carbocycles. The third kappa shape index (κ3) is 2.05. The second kappa shape index (κ2) is 4.44. The van der Waals surface area contributed by atoms with Crippen molar-refractivity contribution in [3.63, 3.8) is 0 Å². The van der Waals surface area contributed by atoms with E-state index in [-0.39, 0.29) is 0 Å². The van der Waals surface area contributed by atoms with Gasteiger partial charge in [-0.3, -0.25) is 0 Å². The van der Waals surface area contributed by atoms with Crippen LogP contribution in [0.15, 0.2) is 18.2 Å².